The van der Waals surface area contributed by atoms with Crippen LogP contribution in [0.1, 0.15) is 19.3 Å². The van der Waals surface area contributed by atoms with Gasteiger partial charge in [-0.3, -0.25) is 4.99 Å². The second-order valence-corrected chi connectivity index (χ2v) is 3.23. The Morgan fingerprint density at radius 2 is 2.42 bits per heavy atom. The molecule has 0 radical (unpaired) electrons. The van der Waals surface area contributed by atoms with Crippen LogP contribution in [0.15, 0.2) is 4.99 Å². The number of nitrogens with one attached hydrogen (secondary N) is 1. The molecule has 0 saturated heterocycles. The largest absolute Gasteiger partial charge is 0.396 e. The van der Waals surface area contributed by atoms with Crippen molar-refractivity contribution in [2.45, 2.75) is 25.3 Å². The molecule has 0 aliphatic heterocycles. The molecule has 4 heteroatoms. The maximum Gasteiger partial charge on any atom is 0.188 e. The van der Waals surface area contributed by atoms with E-state index < -0.39 is 0 Å². The Balaban J connectivity index is 2.40. The molecule has 0 heterocycles. The van der Waals surface area contributed by atoms with Crippen molar-refractivity contribution in [2.24, 2.45) is 16.6 Å². The molecule has 1 fully saturated rings. The molecule has 4 N–H and O–H groups in total. The van der Waals surface area contributed by atoms with Crippen LogP contribution in [-0.2, 0) is 0 Å². The molecule has 2 unspecified atom stereocenters. The Bertz CT molecular complexity index is 170. The number of hydrogen-bond donors (Lipinski definition) is 3. The van der Waals surface area contributed by atoms with Crippen LogP contribution in [-0.4, -0.2) is 30.8 Å². The van der Waals surface area contributed by atoms with Gasteiger partial charge in [0.1, 0.15) is 0 Å². The van der Waals surface area contributed by atoms with Crippen molar-refractivity contribution in [3.63, 3.8) is 0 Å². The van der Waals surface area contributed by atoms with E-state index in [1.54, 1.807) is 7.05 Å². The minimum absolute atomic E-state index is 0.245. The molecule has 1 aliphatic rings. The van der Waals surface area contributed by atoms with Crippen LogP contribution in [0.5, 0.6) is 0 Å². The Labute approximate surface area is 72.9 Å². The fourth-order valence-electron chi connectivity index (χ4n) is 1.70. The topological polar surface area (TPSA) is 70.6 Å². The summed E-state index contributed by atoms with van der Waals surface area (Å²) in [4.78, 5) is 3.82. The number of guanidine groups is 1. The molecule has 0 aromatic rings. The molecule has 4 nitrogen and oxygen atoms in total. The second-order valence-electron chi connectivity index (χ2n) is 3.23. The lowest BCUT2D eigenvalue weighted by Crippen LogP contribution is -2.42. The maximum atomic E-state index is 9.00. The minimum atomic E-state index is 0.245. The van der Waals surface area contributed by atoms with Gasteiger partial charge in [-0.2, -0.15) is 0 Å². The van der Waals surface area contributed by atoms with Crippen LogP contribution < -0.4 is 11.1 Å². The van der Waals surface area contributed by atoms with E-state index in [0.29, 0.717) is 17.9 Å². The van der Waals surface area contributed by atoms with Crippen molar-refractivity contribution in [1.29, 1.82) is 0 Å². The number of aliphatic imine (C=N–C) groups is 1. The fraction of sp³-hybridized carbons (Fsp3) is 0.875. The standard InChI is InChI=1S/C8H17N3O/c1-10-8(9)11-7-4-2-3-6(7)5-12/h6-7,12H,2-5H2,1H3,(H3,9,10,11). The molecule has 12 heavy (non-hydrogen) atoms. The molecular weight excluding hydrogens is 154 g/mol. The lowest BCUT2D eigenvalue weighted by Gasteiger charge is -2.18. The van der Waals surface area contributed by atoms with Crippen molar-refractivity contribution >= 4 is 5.96 Å². The average Bonchev–Trinajstić information content (AvgIpc) is 2.51. The van der Waals surface area contributed by atoms with E-state index in [0.717, 1.165) is 12.8 Å². The molecule has 2 atom stereocenters. The highest BCUT2D eigenvalue weighted by Gasteiger charge is 2.26. The van der Waals surface area contributed by atoms with Crippen molar-refractivity contribution in [3.05, 3.63) is 0 Å². The summed E-state index contributed by atoms with van der Waals surface area (Å²) in [6.07, 6.45) is 3.34. The highest BCUT2D eigenvalue weighted by Crippen LogP contribution is 2.24. The number of nitrogens with zero attached hydrogens (tertiary/aromatic N) is 1. The highest BCUT2D eigenvalue weighted by atomic mass is 16.3. The molecule has 0 aromatic carbocycles. The van der Waals surface area contributed by atoms with Gasteiger partial charge in [0.15, 0.2) is 5.96 Å². The number of aliphatic hydroxyl groups excluding tert-OH is 1. The quantitative estimate of drug-likeness (QED) is 0.394. The summed E-state index contributed by atoms with van der Waals surface area (Å²) >= 11 is 0. The molecule has 0 aromatic heterocycles. The van der Waals surface area contributed by atoms with Crippen molar-refractivity contribution in [1.82, 2.24) is 5.32 Å². The number of rotatable bonds is 2. The van der Waals surface area contributed by atoms with Gasteiger partial charge >= 0.3 is 0 Å². The van der Waals surface area contributed by atoms with Crippen LogP contribution in [0.2, 0.25) is 0 Å². The van der Waals surface area contributed by atoms with Crippen LogP contribution in [0.4, 0.5) is 0 Å². The number of nitrogens with two attached hydrogens (primary N) is 1. The monoisotopic (exact) mass is 171 g/mol. The third-order valence-electron chi connectivity index (χ3n) is 2.47. The lowest BCUT2D eigenvalue weighted by molar-refractivity contribution is 0.212. The van der Waals surface area contributed by atoms with Crippen LogP contribution in [0.25, 0.3) is 0 Å². The van der Waals surface area contributed by atoms with Crippen LogP contribution in [0.3, 0.4) is 0 Å². The van der Waals surface area contributed by atoms with Gasteiger partial charge in [0.2, 0.25) is 0 Å². The van der Waals surface area contributed by atoms with Gasteiger partial charge in [0.05, 0.1) is 0 Å². The van der Waals surface area contributed by atoms with Gasteiger partial charge in [-0.1, -0.05) is 6.42 Å². The molecule has 1 rings (SSSR count). The second kappa shape index (κ2) is 4.30. The molecule has 0 amide bonds. The zero-order valence-corrected chi connectivity index (χ0v) is 7.45. The molecule has 1 aliphatic carbocycles. The third kappa shape index (κ3) is 2.11. The Morgan fingerprint density at radius 1 is 1.67 bits per heavy atom. The molecule has 1 saturated carbocycles. The van der Waals surface area contributed by atoms with Crippen LogP contribution >= 0.6 is 0 Å². The third-order valence-corrected chi connectivity index (χ3v) is 2.47. The van der Waals surface area contributed by atoms with Gasteiger partial charge in [0.25, 0.3) is 0 Å². The first-order chi connectivity index (χ1) is 5.77. The Morgan fingerprint density at radius 3 is 3.00 bits per heavy atom. The Hall–Kier alpha value is -0.770. The van der Waals surface area contributed by atoms with E-state index in [1.807, 2.05) is 0 Å². The summed E-state index contributed by atoms with van der Waals surface area (Å²) in [5.41, 5.74) is 5.53. The van der Waals surface area contributed by atoms with Gasteiger partial charge in [-0.05, 0) is 12.8 Å². The lowest BCUT2D eigenvalue weighted by atomic mass is 10.1. The summed E-state index contributed by atoms with van der Waals surface area (Å²) in [7, 11) is 1.66. The van der Waals surface area contributed by atoms with Crippen LogP contribution in [0, 0.1) is 5.92 Å². The zero-order valence-electron chi connectivity index (χ0n) is 7.45. The van der Waals surface area contributed by atoms with Gasteiger partial charge in [-0.15, -0.1) is 0 Å². The summed E-state index contributed by atoms with van der Waals surface area (Å²) in [5.74, 6) is 0.825. The average molecular weight is 171 g/mol. The first-order valence-corrected chi connectivity index (χ1v) is 4.37. The van der Waals surface area contributed by atoms with Crippen molar-refractivity contribution in [3.8, 4) is 0 Å². The first kappa shape index (κ1) is 9.32. The van der Waals surface area contributed by atoms with E-state index in [9.17, 15) is 0 Å². The molecular formula is C8H17N3O. The van der Waals surface area contributed by atoms with Gasteiger partial charge in [0, 0.05) is 25.6 Å². The van der Waals surface area contributed by atoms with Crippen molar-refractivity contribution in [2.75, 3.05) is 13.7 Å². The van der Waals surface area contributed by atoms with E-state index in [1.165, 1.54) is 6.42 Å². The summed E-state index contributed by atoms with van der Waals surface area (Å²) in [5, 5.41) is 12.1. The summed E-state index contributed by atoms with van der Waals surface area (Å²) < 4.78 is 0. The van der Waals surface area contributed by atoms with E-state index >= 15 is 0 Å². The SMILES string of the molecule is CN=C(N)NC1CCCC1CO. The molecule has 0 bridgehead atoms. The predicted molar refractivity (Wildman–Crippen MR) is 48.9 cm³/mol. The van der Waals surface area contributed by atoms with E-state index in [4.69, 9.17) is 10.8 Å². The van der Waals surface area contributed by atoms with E-state index in [2.05, 4.69) is 10.3 Å². The van der Waals surface area contributed by atoms with Gasteiger partial charge in [-0.25, -0.2) is 0 Å². The minimum Gasteiger partial charge on any atom is -0.396 e. The molecule has 70 valence electrons. The predicted octanol–water partition coefficient (Wildman–Crippen LogP) is -0.318. The smallest absolute Gasteiger partial charge is 0.188 e. The number of aliphatic hydroxyl groups is 1. The summed E-state index contributed by atoms with van der Waals surface area (Å²) in [6.45, 7) is 0.245. The van der Waals surface area contributed by atoms with E-state index in [-0.39, 0.29) is 6.61 Å². The summed E-state index contributed by atoms with van der Waals surface area (Å²) in [6, 6.07) is 0.318. The normalized spacial score (nSPS) is 30.7. The van der Waals surface area contributed by atoms with Gasteiger partial charge < -0.3 is 16.2 Å². The highest BCUT2D eigenvalue weighted by molar-refractivity contribution is 5.78. The maximum absolute atomic E-state index is 9.00. The number of hydrogen-bond acceptors (Lipinski definition) is 2. The first-order valence-electron chi connectivity index (χ1n) is 4.37. The zero-order chi connectivity index (χ0) is 8.97. The fourth-order valence-corrected chi connectivity index (χ4v) is 1.70. The van der Waals surface area contributed by atoms with Crippen molar-refractivity contribution < 1.29 is 5.11 Å². The molecule has 0 spiro atoms. The Kier molecular flexibility index (Phi) is 3.34.